The summed E-state index contributed by atoms with van der Waals surface area (Å²) >= 11 is 0. The van der Waals surface area contributed by atoms with Gasteiger partial charge in [0.1, 0.15) is 0 Å². The van der Waals surface area contributed by atoms with Crippen LogP contribution in [0.25, 0.3) is 0 Å². The molecule has 0 saturated carbocycles. The van der Waals surface area contributed by atoms with Crippen LogP contribution >= 0.6 is 12.4 Å². The maximum Gasteiger partial charge on any atom is 0.240 e. The third-order valence-corrected chi connectivity index (χ3v) is 3.97. The Labute approximate surface area is 130 Å². The second-order valence-corrected chi connectivity index (χ2v) is 5.70. The van der Waals surface area contributed by atoms with Gasteiger partial charge < -0.3 is 14.8 Å². The Bertz CT molecular complexity index is 528. The molecule has 1 aromatic rings. The van der Waals surface area contributed by atoms with Gasteiger partial charge in [0.15, 0.2) is 11.6 Å². The summed E-state index contributed by atoms with van der Waals surface area (Å²) in [4.78, 5) is -0.0346. The van der Waals surface area contributed by atoms with Crippen molar-refractivity contribution < 1.29 is 22.3 Å². The summed E-state index contributed by atoms with van der Waals surface area (Å²) in [6, 6.07) is 3.40. The van der Waals surface area contributed by atoms with Gasteiger partial charge >= 0.3 is 0 Å². The number of ether oxygens (including phenoxy) is 2. The van der Waals surface area contributed by atoms with Crippen molar-refractivity contribution in [2.24, 2.45) is 0 Å². The third kappa shape index (κ3) is 6.58. The topological polar surface area (TPSA) is 76.7 Å². The maximum atomic E-state index is 13.2. The van der Waals surface area contributed by atoms with E-state index in [2.05, 4.69) is 10.0 Å². The molecule has 21 heavy (non-hydrogen) atoms. The largest absolute Gasteiger partial charge is 0.494 e. The van der Waals surface area contributed by atoms with E-state index in [0.29, 0.717) is 19.7 Å². The predicted octanol–water partition coefficient (Wildman–Crippen LogP) is 0.770. The number of methoxy groups -OCH3 is 2. The lowest BCUT2D eigenvalue weighted by Crippen LogP contribution is -2.33. The monoisotopic (exact) mass is 342 g/mol. The minimum Gasteiger partial charge on any atom is -0.494 e. The molecule has 0 aliphatic carbocycles. The Kier molecular flexibility index (Phi) is 9.47. The Morgan fingerprint density at radius 1 is 1.19 bits per heavy atom. The lowest BCUT2D eigenvalue weighted by molar-refractivity contribution is 0.199. The summed E-state index contributed by atoms with van der Waals surface area (Å²) in [5.41, 5.74) is 0. The average Bonchev–Trinajstić information content (AvgIpc) is 2.43. The minimum atomic E-state index is -3.67. The van der Waals surface area contributed by atoms with Crippen LogP contribution in [-0.4, -0.2) is 48.9 Å². The zero-order valence-corrected chi connectivity index (χ0v) is 13.5. The highest BCUT2D eigenvalue weighted by Gasteiger charge is 2.15. The number of benzene rings is 1. The van der Waals surface area contributed by atoms with Crippen molar-refractivity contribution in [1.82, 2.24) is 10.0 Å². The lowest BCUT2D eigenvalue weighted by atomic mass is 10.3. The van der Waals surface area contributed by atoms with E-state index in [9.17, 15) is 12.8 Å². The molecule has 0 spiro atoms. The molecule has 2 N–H and O–H groups in total. The third-order valence-electron chi connectivity index (χ3n) is 2.51. The molecule has 0 radical (unpaired) electrons. The van der Waals surface area contributed by atoms with Gasteiger partial charge in [0.05, 0.1) is 18.6 Å². The van der Waals surface area contributed by atoms with Gasteiger partial charge in [0.2, 0.25) is 10.0 Å². The van der Waals surface area contributed by atoms with E-state index in [1.165, 1.54) is 13.2 Å². The molecule has 6 nitrogen and oxygen atoms in total. The quantitative estimate of drug-likeness (QED) is 0.648. The van der Waals surface area contributed by atoms with E-state index < -0.39 is 15.8 Å². The van der Waals surface area contributed by atoms with E-state index in [0.717, 1.165) is 12.1 Å². The molecular weight excluding hydrogens is 323 g/mol. The Morgan fingerprint density at radius 2 is 1.90 bits per heavy atom. The number of sulfonamides is 1. The first-order valence-corrected chi connectivity index (χ1v) is 7.52. The molecule has 1 aromatic carbocycles. The minimum absolute atomic E-state index is 0. The second kappa shape index (κ2) is 9.91. The summed E-state index contributed by atoms with van der Waals surface area (Å²) in [6.45, 7) is 1.90. The fraction of sp³-hybridized carbons (Fsp3) is 0.500. The lowest BCUT2D eigenvalue weighted by Gasteiger charge is -2.09. The van der Waals surface area contributed by atoms with Crippen LogP contribution in [0.3, 0.4) is 0 Å². The van der Waals surface area contributed by atoms with Gasteiger partial charge in [-0.15, -0.1) is 12.4 Å². The molecule has 0 fully saturated rings. The van der Waals surface area contributed by atoms with Crippen LogP contribution in [-0.2, 0) is 14.8 Å². The fourth-order valence-corrected chi connectivity index (χ4v) is 2.51. The van der Waals surface area contributed by atoms with E-state index in [1.54, 1.807) is 7.11 Å². The van der Waals surface area contributed by atoms with Crippen molar-refractivity contribution in [2.75, 3.05) is 40.5 Å². The van der Waals surface area contributed by atoms with Crippen LogP contribution in [0.4, 0.5) is 4.39 Å². The molecule has 1 rings (SSSR count). The highest BCUT2D eigenvalue weighted by atomic mass is 35.5. The SMILES string of the molecule is COCCNCCNS(=O)(=O)c1ccc(F)c(OC)c1.Cl. The first-order valence-electron chi connectivity index (χ1n) is 6.04. The molecule has 0 saturated heterocycles. The maximum absolute atomic E-state index is 13.2. The second-order valence-electron chi connectivity index (χ2n) is 3.94. The molecule has 0 unspecified atom stereocenters. The van der Waals surface area contributed by atoms with Crippen molar-refractivity contribution in [2.45, 2.75) is 4.90 Å². The van der Waals surface area contributed by atoms with Crippen molar-refractivity contribution in [3.8, 4) is 5.75 Å². The molecule has 0 heterocycles. The van der Waals surface area contributed by atoms with Gasteiger partial charge in [-0.1, -0.05) is 0 Å². The van der Waals surface area contributed by atoms with Crippen molar-refractivity contribution in [3.63, 3.8) is 0 Å². The van der Waals surface area contributed by atoms with Crippen molar-refractivity contribution in [1.29, 1.82) is 0 Å². The van der Waals surface area contributed by atoms with E-state index in [4.69, 9.17) is 9.47 Å². The molecule has 0 atom stereocenters. The smallest absolute Gasteiger partial charge is 0.240 e. The van der Waals surface area contributed by atoms with Gasteiger partial charge in [-0.3, -0.25) is 0 Å². The summed E-state index contributed by atoms with van der Waals surface area (Å²) in [5.74, 6) is -0.709. The van der Waals surface area contributed by atoms with Crippen LogP contribution in [0.15, 0.2) is 23.1 Å². The van der Waals surface area contributed by atoms with E-state index in [-0.39, 0.29) is 29.6 Å². The van der Waals surface area contributed by atoms with E-state index in [1.807, 2.05) is 0 Å². The molecular formula is C12H20ClFN2O4S. The zero-order valence-electron chi connectivity index (χ0n) is 11.9. The standard InChI is InChI=1S/C12H19FN2O4S.ClH/c1-18-8-7-14-5-6-15-20(16,17)10-3-4-11(13)12(9-10)19-2;/h3-4,9,14-15H,5-8H2,1-2H3;1H. The Hall–Kier alpha value is -0.930. The van der Waals surface area contributed by atoms with Crippen molar-refractivity contribution in [3.05, 3.63) is 24.0 Å². The van der Waals surface area contributed by atoms with Gasteiger partial charge in [0.25, 0.3) is 0 Å². The van der Waals surface area contributed by atoms with Crippen LogP contribution < -0.4 is 14.8 Å². The number of hydrogen-bond acceptors (Lipinski definition) is 5. The predicted molar refractivity (Wildman–Crippen MR) is 80.1 cm³/mol. The molecule has 0 aliphatic heterocycles. The summed E-state index contributed by atoms with van der Waals surface area (Å²) in [6.07, 6.45) is 0. The first-order chi connectivity index (χ1) is 9.51. The average molecular weight is 343 g/mol. The van der Waals surface area contributed by atoms with Gasteiger partial charge in [-0.05, 0) is 12.1 Å². The molecule has 122 valence electrons. The van der Waals surface area contributed by atoms with Crippen molar-refractivity contribution >= 4 is 22.4 Å². The van der Waals surface area contributed by atoms with Crippen LogP contribution in [0.5, 0.6) is 5.75 Å². The van der Waals surface area contributed by atoms with Crippen LogP contribution in [0.1, 0.15) is 0 Å². The summed E-state index contributed by atoms with van der Waals surface area (Å²) < 4.78 is 49.2. The van der Waals surface area contributed by atoms with Gasteiger partial charge in [-0.25, -0.2) is 17.5 Å². The summed E-state index contributed by atoms with van der Waals surface area (Å²) in [7, 11) is -0.801. The molecule has 0 aliphatic rings. The van der Waals surface area contributed by atoms with Crippen LogP contribution in [0, 0.1) is 5.82 Å². The normalized spacial score (nSPS) is 11.0. The highest BCUT2D eigenvalue weighted by Crippen LogP contribution is 2.20. The highest BCUT2D eigenvalue weighted by molar-refractivity contribution is 7.89. The molecule has 9 heteroatoms. The molecule has 0 aromatic heterocycles. The van der Waals surface area contributed by atoms with Gasteiger partial charge in [-0.2, -0.15) is 0 Å². The number of halogens is 2. The van der Waals surface area contributed by atoms with Crippen LogP contribution in [0.2, 0.25) is 0 Å². The Morgan fingerprint density at radius 3 is 2.52 bits per heavy atom. The van der Waals surface area contributed by atoms with E-state index >= 15 is 0 Å². The fourth-order valence-electron chi connectivity index (χ4n) is 1.46. The summed E-state index contributed by atoms with van der Waals surface area (Å²) in [5, 5.41) is 3.01. The Balaban J connectivity index is 0.00000400. The number of rotatable bonds is 9. The molecule has 0 amide bonds. The zero-order chi connectivity index (χ0) is 15.0. The first kappa shape index (κ1) is 20.1. The number of nitrogens with one attached hydrogen (secondary N) is 2. The number of hydrogen-bond donors (Lipinski definition) is 2. The van der Waals surface area contributed by atoms with Gasteiger partial charge in [0, 0.05) is 32.8 Å². The molecule has 0 bridgehead atoms.